The zero-order valence-electron chi connectivity index (χ0n) is 10.6. The Balaban J connectivity index is 1.77. The number of azide groups is 1. The van der Waals surface area contributed by atoms with E-state index < -0.39 is 18.2 Å². The van der Waals surface area contributed by atoms with Crippen LogP contribution in [0.5, 0.6) is 0 Å². The number of carbonyl (C=O) groups is 1. The van der Waals surface area contributed by atoms with Crippen LogP contribution in [0.3, 0.4) is 0 Å². The lowest BCUT2D eigenvalue weighted by Crippen LogP contribution is -2.30. The number of β-amino-alcohol motifs (C(OH)–C–C–N with tert-alkyl or cyclic N) is 1. The van der Waals surface area contributed by atoms with Gasteiger partial charge in [-0.3, -0.25) is 4.89 Å². The quantitative estimate of drug-likeness (QED) is 0.297. The van der Waals surface area contributed by atoms with E-state index in [0.29, 0.717) is 0 Å². The Labute approximate surface area is 115 Å². The van der Waals surface area contributed by atoms with E-state index in [1.807, 2.05) is 30.3 Å². The number of amides is 1. The van der Waals surface area contributed by atoms with Crippen LogP contribution in [0.2, 0.25) is 0 Å². The molecule has 1 aliphatic heterocycles. The fraction of sp³-hybridized carbons (Fsp3) is 0.417. The molecule has 1 heterocycles. The minimum absolute atomic E-state index is 0.0528. The molecule has 1 N–H and O–H groups in total. The molecule has 8 nitrogen and oxygen atoms in total. The van der Waals surface area contributed by atoms with E-state index in [4.69, 9.17) is 10.4 Å². The van der Waals surface area contributed by atoms with Gasteiger partial charge in [-0.1, -0.05) is 35.4 Å². The van der Waals surface area contributed by atoms with Crippen LogP contribution in [0.15, 0.2) is 35.4 Å². The van der Waals surface area contributed by atoms with Gasteiger partial charge in [0.25, 0.3) is 0 Å². The van der Waals surface area contributed by atoms with Gasteiger partial charge < -0.3 is 10.0 Å². The lowest BCUT2D eigenvalue weighted by Gasteiger charge is -2.13. The molecule has 1 fully saturated rings. The third kappa shape index (κ3) is 3.61. The molecule has 1 amide bonds. The number of aliphatic hydroxyl groups is 1. The van der Waals surface area contributed by atoms with Crippen molar-refractivity contribution in [2.24, 2.45) is 5.11 Å². The minimum atomic E-state index is -0.882. The Morgan fingerprint density at radius 2 is 2.20 bits per heavy atom. The number of carbonyl (C=O) groups excluding carboxylic acids is 1. The number of benzene rings is 1. The van der Waals surface area contributed by atoms with E-state index in [9.17, 15) is 9.90 Å². The fourth-order valence-electron chi connectivity index (χ4n) is 1.87. The maximum atomic E-state index is 11.7. The van der Waals surface area contributed by atoms with Crippen LogP contribution in [0, 0.1) is 0 Å². The van der Waals surface area contributed by atoms with Crippen molar-refractivity contribution < 1.29 is 19.7 Å². The molecule has 0 spiro atoms. The van der Waals surface area contributed by atoms with Crippen molar-refractivity contribution in [3.63, 3.8) is 0 Å². The maximum Gasteiger partial charge on any atom is 0.441 e. The van der Waals surface area contributed by atoms with Crippen LogP contribution >= 0.6 is 0 Å². The van der Waals surface area contributed by atoms with Crippen LogP contribution in [0.25, 0.3) is 10.4 Å². The van der Waals surface area contributed by atoms with Gasteiger partial charge in [-0.05, 0) is 11.1 Å². The Morgan fingerprint density at radius 3 is 2.90 bits per heavy atom. The molecule has 0 radical (unpaired) electrons. The lowest BCUT2D eigenvalue weighted by atomic mass is 10.2. The minimum Gasteiger partial charge on any atom is -0.391 e. The van der Waals surface area contributed by atoms with Crippen LogP contribution in [-0.2, 0) is 16.4 Å². The Kier molecular flexibility index (Phi) is 4.78. The summed E-state index contributed by atoms with van der Waals surface area (Å²) in [7, 11) is 0. The Morgan fingerprint density at radius 1 is 1.45 bits per heavy atom. The van der Waals surface area contributed by atoms with Gasteiger partial charge in [-0.25, -0.2) is 4.79 Å². The Bertz CT molecular complexity index is 503. The zero-order valence-corrected chi connectivity index (χ0v) is 10.6. The lowest BCUT2D eigenvalue weighted by molar-refractivity contribution is -0.255. The van der Waals surface area contributed by atoms with Gasteiger partial charge in [-0.2, -0.15) is 4.89 Å². The molecule has 0 aliphatic carbocycles. The molecule has 2 atom stereocenters. The smallest absolute Gasteiger partial charge is 0.391 e. The predicted octanol–water partition coefficient (Wildman–Crippen LogP) is 1.61. The van der Waals surface area contributed by atoms with Gasteiger partial charge in [-0.15, -0.1) is 0 Å². The van der Waals surface area contributed by atoms with Crippen molar-refractivity contribution in [1.29, 1.82) is 0 Å². The molecule has 2 unspecified atom stereocenters. The van der Waals surface area contributed by atoms with Crippen molar-refractivity contribution in [2.75, 3.05) is 13.1 Å². The van der Waals surface area contributed by atoms with E-state index in [1.54, 1.807) is 0 Å². The molecule has 0 aromatic heterocycles. The van der Waals surface area contributed by atoms with Crippen molar-refractivity contribution in [3.05, 3.63) is 46.3 Å². The molecule has 1 saturated heterocycles. The van der Waals surface area contributed by atoms with E-state index in [2.05, 4.69) is 14.9 Å². The highest BCUT2D eigenvalue weighted by atomic mass is 17.2. The summed E-state index contributed by atoms with van der Waals surface area (Å²) >= 11 is 0. The molecule has 20 heavy (non-hydrogen) atoms. The molecule has 2 rings (SSSR count). The molecule has 1 aromatic rings. The van der Waals surface area contributed by atoms with E-state index in [1.165, 1.54) is 4.90 Å². The van der Waals surface area contributed by atoms with Gasteiger partial charge in [0, 0.05) is 11.5 Å². The summed E-state index contributed by atoms with van der Waals surface area (Å²) < 4.78 is 0. The third-order valence-electron chi connectivity index (χ3n) is 2.92. The van der Waals surface area contributed by atoms with Gasteiger partial charge in [0.15, 0.2) is 0 Å². The maximum absolute atomic E-state index is 11.7. The largest absolute Gasteiger partial charge is 0.441 e. The second-order valence-corrected chi connectivity index (χ2v) is 4.34. The number of aliphatic hydroxyl groups excluding tert-OH is 1. The first-order valence-electron chi connectivity index (χ1n) is 6.05. The molecule has 8 heteroatoms. The van der Waals surface area contributed by atoms with Gasteiger partial charge in [0.2, 0.25) is 0 Å². The fourth-order valence-corrected chi connectivity index (χ4v) is 1.87. The Hall–Kier alpha value is -2.28. The molecular formula is C12H14N4O4. The summed E-state index contributed by atoms with van der Waals surface area (Å²) in [6.07, 6.45) is -1.59. The first-order chi connectivity index (χ1) is 9.70. The molecule has 106 valence electrons. The molecule has 1 aliphatic rings. The first-order valence-corrected chi connectivity index (χ1v) is 6.05. The van der Waals surface area contributed by atoms with Crippen LogP contribution < -0.4 is 0 Å². The highest BCUT2D eigenvalue weighted by molar-refractivity contribution is 5.67. The number of nitrogens with zero attached hydrogens (tertiary/aromatic N) is 4. The highest BCUT2D eigenvalue weighted by Crippen LogP contribution is 2.15. The third-order valence-corrected chi connectivity index (χ3v) is 2.92. The first kappa shape index (κ1) is 14.1. The average Bonchev–Trinajstić information content (AvgIpc) is 2.82. The predicted molar refractivity (Wildman–Crippen MR) is 68.2 cm³/mol. The zero-order chi connectivity index (χ0) is 14.4. The number of hydrogen-bond donors (Lipinski definition) is 1. The van der Waals surface area contributed by atoms with E-state index in [0.717, 1.165) is 5.56 Å². The second kappa shape index (κ2) is 6.76. The monoisotopic (exact) mass is 278 g/mol. The topological polar surface area (TPSA) is 108 Å². The SMILES string of the molecule is [N-]=[N+]=NC1CN(C(=O)OOCc2ccccc2)CC1O. The van der Waals surface area contributed by atoms with Gasteiger partial charge >= 0.3 is 6.09 Å². The second-order valence-electron chi connectivity index (χ2n) is 4.34. The van der Waals surface area contributed by atoms with Crippen LogP contribution in [-0.4, -0.2) is 41.3 Å². The van der Waals surface area contributed by atoms with Crippen LogP contribution in [0.1, 0.15) is 5.56 Å². The van der Waals surface area contributed by atoms with E-state index in [-0.39, 0.29) is 19.7 Å². The van der Waals surface area contributed by atoms with Gasteiger partial charge in [0.1, 0.15) is 6.61 Å². The molecule has 0 bridgehead atoms. The summed E-state index contributed by atoms with van der Waals surface area (Å²) in [6, 6.07) is 8.60. The highest BCUT2D eigenvalue weighted by Gasteiger charge is 2.34. The summed E-state index contributed by atoms with van der Waals surface area (Å²) in [6.45, 7) is 0.304. The van der Waals surface area contributed by atoms with Crippen molar-refractivity contribution in [2.45, 2.75) is 18.8 Å². The van der Waals surface area contributed by atoms with E-state index >= 15 is 0 Å². The molecule has 1 aromatic carbocycles. The van der Waals surface area contributed by atoms with Crippen LogP contribution in [0.4, 0.5) is 4.79 Å². The van der Waals surface area contributed by atoms with Crippen molar-refractivity contribution in [3.8, 4) is 0 Å². The molecular weight excluding hydrogens is 264 g/mol. The normalized spacial score (nSPS) is 21.4. The van der Waals surface area contributed by atoms with Crippen molar-refractivity contribution in [1.82, 2.24) is 4.90 Å². The number of hydrogen-bond acceptors (Lipinski definition) is 5. The summed E-state index contributed by atoms with van der Waals surface area (Å²) in [5, 5.41) is 13.0. The molecule has 0 saturated carbocycles. The summed E-state index contributed by atoms with van der Waals surface area (Å²) in [5.41, 5.74) is 9.19. The number of rotatable bonds is 4. The van der Waals surface area contributed by atoms with Crippen molar-refractivity contribution >= 4 is 6.09 Å². The summed E-state index contributed by atoms with van der Waals surface area (Å²) in [4.78, 5) is 25.0. The number of likely N-dealkylation sites (tertiary alicyclic amines) is 1. The summed E-state index contributed by atoms with van der Waals surface area (Å²) in [5.74, 6) is 0. The van der Waals surface area contributed by atoms with Gasteiger partial charge in [0.05, 0.1) is 18.7 Å². The standard InChI is InChI=1S/C12H14N4O4/c13-15-14-10-6-16(7-11(10)17)12(18)20-19-8-9-4-2-1-3-5-9/h1-5,10-11,17H,6-8H2. The average molecular weight is 278 g/mol.